The Labute approximate surface area is 223 Å². The monoisotopic (exact) mass is 501 g/mol. The normalized spacial score (nSPS) is 11.1. The van der Waals surface area contributed by atoms with Crippen LogP contribution in [0.2, 0.25) is 0 Å². The van der Waals surface area contributed by atoms with Crippen molar-refractivity contribution in [2.75, 3.05) is 24.2 Å². The van der Waals surface area contributed by atoms with Gasteiger partial charge in [0.05, 0.1) is 11.2 Å². The van der Waals surface area contributed by atoms with Gasteiger partial charge in [0.25, 0.3) is 5.91 Å². The number of fused-ring (bicyclic) bond motifs is 1. The third-order valence-electron chi connectivity index (χ3n) is 6.60. The minimum absolute atomic E-state index is 0.144. The van der Waals surface area contributed by atoms with E-state index in [2.05, 4.69) is 47.7 Å². The van der Waals surface area contributed by atoms with Gasteiger partial charge in [-0.2, -0.15) is 0 Å². The van der Waals surface area contributed by atoms with E-state index in [1.165, 1.54) is 5.56 Å². The molecule has 190 valence electrons. The number of hydrogen-bond donors (Lipinski definition) is 2. The average molecular weight is 502 g/mol. The minimum atomic E-state index is -0.144. The largest absolute Gasteiger partial charge is 0.324 e. The first-order valence-corrected chi connectivity index (χ1v) is 12.8. The molecule has 0 aliphatic carbocycles. The Morgan fingerprint density at radius 2 is 1.61 bits per heavy atom. The number of carbonyl (C=O) groups excluding carboxylic acids is 1. The quantitative estimate of drug-likeness (QED) is 0.238. The van der Waals surface area contributed by atoms with Crippen molar-refractivity contribution in [1.82, 2.24) is 14.9 Å². The van der Waals surface area contributed by atoms with E-state index in [1.54, 1.807) is 12.1 Å². The van der Waals surface area contributed by atoms with Gasteiger partial charge in [0, 0.05) is 34.4 Å². The second kappa shape index (κ2) is 11.2. The number of benzene rings is 4. The van der Waals surface area contributed by atoms with Crippen LogP contribution in [0.15, 0.2) is 97.1 Å². The highest BCUT2D eigenvalue weighted by molar-refractivity contribution is 6.05. The highest BCUT2D eigenvalue weighted by Crippen LogP contribution is 2.28. The van der Waals surface area contributed by atoms with Gasteiger partial charge in [-0.15, -0.1) is 0 Å². The molecule has 0 atom stereocenters. The summed E-state index contributed by atoms with van der Waals surface area (Å²) in [5.41, 5.74) is 7.17. The average Bonchev–Trinajstić information content (AvgIpc) is 2.95. The summed E-state index contributed by atoms with van der Waals surface area (Å²) >= 11 is 0. The molecule has 0 unspecified atom stereocenters. The van der Waals surface area contributed by atoms with Gasteiger partial charge >= 0.3 is 0 Å². The fraction of sp³-hybridized carbons (Fsp3) is 0.156. The smallest absolute Gasteiger partial charge is 0.255 e. The van der Waals surface area contributed by atoms with Crippen LogP contribution in [0, 0.1) is 6.92 Å². The van der Waals surface area contributed by atoms with Crippen LogP contribution in [-0.2, 0) is 6.54 Å². The van der Waals surface area contributed by atoms with Crippen molar-refractivity contribution in [1.29, 1.82) is 0 Å². The van der Waals surface area contributed by atoms with Crippen molar-refractivity contribution in [2.45, 2.75) is 20.4 Å². The van der Waals surface area contributed by atoms with E-state index < -0.39 is 0 Å². The number of nitrogens with zero attached hydrogens (tertiary/aromatic N) is 3. The van der Waals surface area contributed by atoms with Crippen LogP contribution in [0.5, 0.6) is 0 Å². The molecule has 5 aromatic rings. The number of aromatic nitrogens is 2. The van der Waals surface area contributed by atoms with Crippen LogP contribution in [-0.4, -0.2) is 34.4 Å². The summed E-state index contributed by atoms with van der Waals surface area (Å²) in [6.07, 6.45) is 0. The number of anilines is 3. The second-order valence-corrected chi connectivity index (χ2v) is 9.42. The van der Waals surface area contributed by atoms with Crippen molar-refractivity contribution in [3.8, 4) is 11.3 Å². The lowest BCUT2D eigenvalue weighted by Crippen LogP contribution is -2.17. The summed E-state index contributed by atoms with van der Waals surface area (Å²) in [7, 11) is 2.08. The SMILES string of the molecule is CCN(C)Cc1ccc(C)c(NC(=O)c2ccc(Nc3nc(-c4ccccc4)c4ccccc4n3)cc2)c1. The molecule has 4 aromatic carbocycles. The van der Waals surface area contributed by atoms with Crippen molar-refractivity contribution >= 4 is 34.1 Å². The molecule has 2 N–H and O–H groups in total. The summed E-state index contributed by atoms with van der Waals surface area (Å²) in [4.78, 5) is 24.8. The molecule has 0 saturated heterocycles. The Morgan fingerprint density at radius 1 is 0.868 bits per heavy atom. The van der Waals surface area contributed by atoms with Crippen LogP contribution < -0.4 is 10.6 Å². The van der Waals surface area contributed by atoms with Crippen LogP contribution in [0.25, 0.3) is 22.2 Å². The Hall–Kier alpha value is -4.55. The van der Waals surface area contributed by atoms with Gasteiger partial charge in [-0.3, -0.25) is 4.79 Å². The van der Waals surface area contributed by atoms with Crippen LogP contribution in [0.1, 0.15) is 28.4 Å². The molecule has 6 heteroatoms. The first-order chi connectivity index (χ1) is 18.5. The van der Waals surface area contributed by atoms with E-state index in [-0.39, 0.29) is 5.91 Å². The molecule has 38 heavy (non-hydrogen) atoms. The molecule has 0 fully saturated rings. The van der Waals surface area contributed by atoms with Gasteiger partial charge in [0.15, 0.2) is 0 Å². The molecule has 0 saturated carbocycles. The summed E-state index contributed by atoms with van der Waals surface area (Å²) < 4.78 is 0. The number of para-hydroxylation sites is 1. The maximum Gasteiger partial charge on any atom is 0.255 e. The Kier molecular flexibility index (Phi) is 7.43. The standard InChI is InChI=1S/C32H31N5O/c1-4-37(3)21-23-15-14-22(2)29(20-23)34-31(38)25-16-18-26(19-17-25)33-32-35-28-13-9-8-12-27(28)30(36-32)24-10-6-5-7-11-24/h5-20H,4,21H2,1-3H3,(H,34,38)(H,33,35,36). The number of aryl methyl sites for hydroxylation is 1. The summed E-state index contributed by atoms with van der Waals surface area (Å²) in [6, 6.07) is 31.6. The number of rotatable bonds is 8. The molecule has 1 aromatic heterocycles. The molecule has 1 amide bonds. The molecular formula is C32H31N5O. The Balaban J connectivity index is 1.34. The highest BCUT2D eigenvalue weighted by atomic mass is 16.1. The highest BCUT2D eigenvalue weighted by Gasteiger charge is 2.12. The van der Waals surface area contributed by atoms with Crippen molar-refractivity contribution in [3.05, 3.63) is 114 Å². The van der Waals surface area contributed by atoms with E-state index in [1.807, 2.05) is 73.7 Å². The van der Waals surface area contributed by atoms with Crippen molar-refractivity contribution < 1.29 is 4.79 Å². The van der Waals surface area contributed by atoms with E-state index in [0.29, 0.717) is 11.5 Å². The zero-order valence-electron chi connectivity index (χ0n) is 21.9. The molecular weight excluding hydrogens is 470 g/mol. The number of hydrogen-bond acceptors (Lipinski definition) is 5. The maximum absolute atomic E-state index is 13.0. The lowest BCUT2D eigenvalue weighted by atomic mass is 10.1. The zero-order valence-corrected chi connectivity index (χ0v) is 21.9. The molecule has 5 rings (SSSR count). The molecule has 0 aliphatic heterocycles. The number of nitrogens with one attached hydrogen (secondary N) is 2. The maximum atomic E-state index is 13.0. The van der Waals surface area contributed by atoms with E-state index in [4.69, 9.17) is 9.97 Å². The lowest BCUT2D eigenvalue weighted by molar-refractivity contribution is 0.102. The molecule has 0 radical (unpaired) electrons. The van der Waals surface area contributed by atoms with Gasteiger partial charge < -0.3 is 15.5 Å². The molecule has 1 heterocycles. The van der Waals surface area contributed by atoms with Gasteiger partial charge in [0.2, 0.25) is 5.95 Å². The van der Waals surface area contributed by atoms with Crippen LogP contribution in [0.4, 0.5) is 17.3 Å². The van der Waals surface area contributed by atoms with Gasteiger partial charge in [-0.1, -0.05) is 67.6 Å². The van der Waals surface area contributed by atoms with E-state index >= 15 is 0 Å². The molecule has 0 aliphatic rings. The topological polar surface area (TPSA) is 70.2 Å². The van der Waals surface area contributed by atoms with Gasteiger partial charge in [0.1, 0.15) is 0 Å². The van der Waals surface area contributed by atoms with E-state index in [9.17, 15) is 4.79 Å². The Morgan fingerprint density at radius 3 is 2.37 bits per heavy atom. The summed E-state index contributed by atoms with van der Waals surface area (Å²) in [6.45, 7) is 5.93. The summed E-state index contributed by atoms with van der Waals surface area (Å²) in [5, 5.41) is 7.37. The summed E-state index contributed by atoms with van der Waals surface area (Å²) in [5.74, 6) is 0.359. The fourth-order valence-electron chi connectivity index (χ4n) is 4.30. The van der Waals surface area contributed by atoms with Crippen LogP contribution >= 0.6 is 0 Å². The molecule has 0 spiro atoms. The van der Waals surface area contributed by atoms with Crippen molar-refractivity contribution in [2.24, 2.45) is 0 Å². The molecule has 6 nitrogen and oxygen atoms in total. The van der Waals surface area contributed by atoms with E-state index in [0.717, 1.165) is 52.2 Å². The number of amides is 1. The van der Waals surface area contributed by atoms with Gasteiger partial charge in [-0.05, 0) is 68.0 Å². The fourth-order valence-corrected chi connectivity index (χ4v) is 4.30. The predicted molar refractivity (Wildman–Crippen MR) is 156 cm³/mol. The van der Waals surface area contributed by atoms with Crippen LogP contribution in [0.3, 0.4) is 0 Å². The minimum Gasteiger partial charge on any atom is -0.324 e. The second-order valence-electron chi connectivity index (χ2n) is 9.42. The first kappa shape index (κ1) is 25.1. The van der Waals surface area contributed by atoms with Gasteiger partial charge in [-0.25, -0.2) is 9.97 Å². The lowest BCUT2D eigenvalue weighted by Gasteiger charge is -2.16. The number of carbonyl (C=O) groups is 1. The molecule has 0 bridgehead atoms. The Bertz CT molecular complexity index is 1560. The zero-order chi connectivity index (χ0) is 26.5. The predicted octanol–water partition coefficient (Wildman–Crippen LogP) is 7.05. The third-order valence-corrected chi connectivity index (χ3v) is 6.60. The third kappa shape index (κ3) is 5.71. The van der Waals surface area contributed by atoms with Crippen molar-refractivity contribution in [3.63, 3.8) is 0 Å². The first-order valence-electron chi connectivity index (χ1n) is 12.8.